The van der Waals surface area contributed by atoms with Gasteiger partial charge in [-0.1, -0.05) is 0 Å². The van der Waals surface area contributed by atoms with Crippen molar-refractivity contribution >= 4 is 16.1 Å². The molecule has 18 heavy (non-hydrogen) atoms. The summed E-state index contributed by atoms with van der Waals surface area (Å²) in [5.74, 6) is 0. The average molecular weight is 270 g/mol. The summed E-state index contributed by atoms with van der Waals surface area (Å²) in [5.41, 5.74) is 4.82. The minimum atomic E-state index is -3.74. The Morgan fingerprint density at radius 3 is 2.78 bits per heavy atom. The van der Waals surface area contributed by atoms with Crippen LogP contribution in [0.25, 0.3) is 0 Å². The summed E-state index contributed by atoms with van der Waals surface area (Å²) < 4.78 is 29.9. The van der Waals surface area contributed by atoms with Gasteiger partial charge in [-0.05, 0) is 12.1 Å². The monoisotopic (exact) mass is 270 g/mol. The van der Waals surface area contributed by atoms with Crippen LogP contribution in [0.3, 0.4) is 0 Å². The van der Waals surface area contributed by atoms with Crippen LogP contribution in [-0.4, -0.2) is 32.6 Å². The first kappa shape index (κ1) is 13.9. The number of carbonyl (C=O) groups excluding carboxylic acids is 1. The van der Waals surface area contributed by atoms with Crippen LogP contribution in [0.2, 0.25) is 0 Å². The molecule has 0 saturated carbocycles. The number of pyridine rings is 1. The summed E-state index contributed by atoms with van der Waals surface area (Å²) in [7, 11) is -3.74. The molecular formula is C9H10N4O4S. The van der Waals surface area contributed by atoms with Crippen molar-refractivity contribution < 1.29 is 17.9 Å². The lowest BCUT2D eigenvalue weighted by Gasteiger charge is -2.06. The smallest absolute Gasteiger partial charge is 0.404 e. The maximum absolute atomic E-state index is 11.7. The van der Waals surface area contributed by atoms with E-state index in [1.807, 2.05) is 0 Å². The Morgan fingerprint density at radius 2 is 2.28 bits per heavy atom. The first-order valence-electron chi connectivity index (χ1n) is 4.74. The third-order valence-electron chi connectivity index (χ3n) is 1.80. The molecule has 0 aliphatic rings. The molecule has 1 amide bonds. The van der Waals surface area contributed by atoms with Gasteiger partial charge in [0.2, 0.25) is 10.0 Å². The summed E-state index contributed by atoms with van der Waals surface area (Å²) >= 11 is 0. The molecule has 1 heterocycles. The number of amides is 1. The Balaban J connectivity index is 2.63. The van der Waals surface area contributed by atoms with Crippen LogP contribution in [-0.2, 0) is 14.8 Å². The standard InChI is InChI=1S/C9H10N4O4S/c10-5-7-1-2-8(6-12-7)18(15,16)13-3-4-17-9(11)14/h1-2,6,13H,3-4H2,(H2,11,14). The molecule has 0 bridgehead atoms. The number of hydrogen-bond acceptors (Lipinski definition) is 6. The van der Waals surface area contributed by atoms with E-state index in [4.69, 9.17) is 11.0 Å². The van der Waals surface area contributed by atoms with Crippen molar-refractivity contribution in [3.8, 4) is 6.07 Å². The summed E-state index contributed by atoms with van der Waals surface area (Å²) in [4.78, 5) is 13.8. The summed E-state index contributed by atoms with van der Waals surface area (Å²) in [6.07, 6.45) is 0.0877. The van der Waals surface area contributed by atoms with E-state index in [0.29, 0.717) is 0 Å². The van der Waals surface area contributed by atoms with Gasteiger partial charge in [-0.25, -0.2) is 22.9 Å². The van der Waals surface area contributed by atoms with Gasteiger partial charge in [-0.2, -0.15) is 5.26 Å². The number of nitrogens with zero attached hydrogens (tertiary/aromatic N) is 2. The van der Waals surface area contributed by atoms with E-state index in [-0.39, 0.29) is 23.7 Å². The second kappa shape index (κ2) is 5.95. The summed E-state index contributed by atoms with van der Waals surface area (Å²) in [6.45, 7) is -0.274. The van der Waals surface area contributed by atoms with Crippen molar-refractivity contribution in [2.75, 3.05) is 13.2 Å². The molecule has 9 heteroatoms. The van der Waals surface area contributed by atoms with Crippen molar-refractivity contribution in [2.24, 2.45) is 5.73 Å². The maximum Gasteiger partial charge on any atom is 0.404 e. The molecule has 3 N–H and O–H groups in total. The highest BCUT2D eigenvalue weighted by Gasteiger charge is 2.13. The Morgan fingerprint density at radius 1 is 1.56 bits per heavy atom. The van der Waals surface area contributed by atoms with Crippen LogP contribution in [0.5, 0.6) is 0 Å². The predicted molar refractivity (Wildman–Crippen MR) is 59.7 cm³/mol. The van der Waals surface area contributed by atoms with E-state index >= 15 is 0 Å². The molecular weight excluding hydrogens is 260 g/mol. The predicted octanol–water partition coefficient (Wildman–Crippen LogP) is -0.673. The van der Waals surface area contributed by atoms with Gasteiger partial charge in [0.25, 0.3) is 0 Å². The highest BCUT2D eigenvalue weighted by atomic mass is 32.2. The molecule has 0 fully saturated rings. The van der Waals surface area contributed by atoms with Gasteiger partial charge in [0, 0.05) is 12.7 Å². The fourth-order valence-electron chi connectivity index (χ4n) is 1.02. The van der Waals surface area contributed by atoms with Crippen LogP contribution in [0, 0.1) is 11.3 Å². The lowest BCUT2D eigenvalue weighted by molar-refractivity contribution is 0.159. The van der Waals surface area contributed by atoms with Crippen LogP contribution in [0.1, 0.15) is 5.69 Å². The van der Waals surface area contributed by atoms with E-state index in [0.717, 1.165) is 6.20 Å². The fraction of sp³-hybridized carbons (Fsp3) is 0.222. The van der Waals surface area contributed by atoms with Crippen molar-refractivity contribution in [1.82, 2.24) is 9.71 Å². The molecule has 0 radical (unpaired) electrons. The summed E-state index contributed by atoms with van der Waals surface area (Å²) in [6, 6.07) is 4.31. The Kier molecular flexibility index (Phi) is 4.59. The second-order valence-corrected chi connectivity index (χ2v) is 4.82. The molecule has 1 aromatic heterocycles. The van der Waals surface area contributed by atoms with E-state index in [1.165, 1.54) is 12.1 Å². The quantitative estimate of drug-likeness (QED) is 0.681. The third-order valence-corrected chi connectivity index (χ3v) is 3.25. The Hall–Kier alpha value is -2.18. The average Bonchev–Trinajstić information content (AvgIpc) is 2.34. The number of carbonyl (C=O) groups is 1. The van der Waals surface area contributed by atoms with Crippen molar-refractivity contribution in [1.29, 1.82) is 5.26 Å². The summed E-state index contributed by atoms with van der Waals surface area (Å²) in [5, 5.41) is 8.52. The molecule has 0 aliphatic heterocycles. The molecule has 0 unspecified atom stereocenters. The largest absolute Gasteiger partial charge is 0.448 e. The van der Waals surface area contributed by atoms with E-state index in [2.05, 4.69) is 14.4 Å². The SMILES string of the molecule is N#Cc1ccc(S(=O)(=O)NCCOC(N)=O)cn1. The third kappa shape index (κ3) is 4.00. The van der Waals surface area contributed by atoms with Crippen molar-refractivity contribution in [2.45, 2.75) is 4.90 Å². The van der Waals surface area contributed by atoms with Gasteiger partial charge in [0.05, 0.1) is 0 Å². The van der Waals surface area contributed by atoms with Gasteiger partial charge in [0.1, 0.15) is 23.3 Å². The molecule has 8 nitrogen and oxygen atoms in total. The van der Waals surface area contributed by atoms with Crippen LogP contribution in [0.15, 0.2) is 23.2 Å². The highest BCUT2D eigenvalue weighted by molar-refractivity contribution is 7.89. The van der Waals surface area contributed by atoms with Crippen LogP contribution < -0.4 is 10.5 Å². The van der Waals surface area contributed by atoms with E-state index in [1.54, 1.807) is 6.07 Å². The topological polar surface area (TPSA) is 135 Å². The van der Waals surface area contributed by atoms with Crippen molar-refractivity contribution in [3.05, 3.63) is 24.0 Å². The Bertz CT molecular complexity index is 561. The number of nitriles is 1. The van der Waals surface area contributed by atoms with Gasteiger partial charge < -0.3 is 10.5 Å². The molecule has 1 rings (SSSR count). The van der Waals surface area contributed by atoms with Crippen LogP contribution >= 0.6 is 0 Å². The lowest BCUT2D eigenvalue weighted by Crippen LogP contribution is -2.29. The van der Waals surface area contributed by atoms with Gasteiger partial charge >= 0.3 is 6.09 Å². The molecule has 0 aromatic carbocycles. The van der Waals surface area contributed by atoms with E-state index < -0.39 is 16.1 Å². The number of primary amides is 1. The zero-order valence-corrected chi connectivity index (χ0v) is 9.98. The fourth-order valence-corrected chi connectivity index (χ4v) is 1.97. The number of ether oxygens (including phenoxy) is 1. The molecule has 0 atom stereocenters. The molecule has 0 aliphatic carbocycles. The number of hydrogen-bond donors (Lipinski definition) is 2. The molecule has 1 aromatic rings. The number of nitrogens with one attached hydrogen (secondary N) is 1. The Labute approximate surface area is 103 Å². The minimum Gasteiger partial charge on any atom is -0.448 e. The van der Waals surface area contributed by atoms with Gasteiger partial charge in [-0.3, -0.25) is 0 Å². The van der Waals surface area contributed by atoms with Gasteiger partial charge in [0.15, 0.2) is 0 Å². The lowest BCUT2D eigenvalue weighted by atomic mass is 10.4. The molecule has 96 valence electrons. The maximum atomic E-state index is 11.7. The van der Waals surface area contributed by atoms with Gasteiger partial charge in [-0.15, -0.1) is 0 Å². The number of sulfonamides is 1. The second-order valence-electron chi connectivity index (χ2n) is 3.06. The van der Waals surface area contributed by atoms with Crippen molar-refractivity contribution in [3.63, 3.8) is 0 Å². The number of rotatable bonds is 5. The van der Waals surface area contributed by atoms with Crippen LogP contribution in [0.4, 0.5) is 4.79 Å². The molecule has 0 saturated heterocycles. The van der Waals surface area contributed by atoms with E-state index in [9.17, 15) is 13.2 Å². The zero-order valence-electron chi connectivity index (χ0n) is 9.16. The normalized spacial score (nSPS) is 10.6. The molecule has 0 spiro atoms. The zero-order chi connectivity index (χ0) is 13.6. The number of nitrogens with two attached hydrogens (primary N) is 1. The number of aromatic nitrogens is 1. The minimum absolute atomic E-state index is 0.0828. The first-order valence-corrected chi connectivity index (χ1v) is 6.22. The highest BCUT2D eigenvalue weighted by Crippen LogP contribution is 2.06. The first-order chi connectivity index (χ1) is 8.45.